The van der Waals surface area contributed by atoms with Gasteiger partial charge in [-0.2, -0.15) is 0 Å². The third-order valence-electron chi connectivity index (χ3n) is 6.51. The second-order valence-corrected chi connectivity index (χ2v) is 8.55. The van der Waals surface area contributed by atoms with Gasteiger partial charge in [-0.3, -0.25) is 4.79 Å². The minimum atomic E-state index is 0.179. The molecule has 0 N–H and O–H groups in total. The lowest BCUT2D eigenvalue weighted by Crippen LogP contribution is -2.44. The zero-order valence-electron chi connectivity index (χ0n) is 15.6. The summed E-state index contributed by atoms with van der Waals surface area (Å²) in [4.78, 5) is 17.2. The van der Waals surface area contributed by atoms with Crippen LogP contribution < -0.4 is 0 Å². The molecule has 4 rings (SSSR count). The Hall–Kier alpha value is -1.33. The molecule has 0 bridgehead atoms. The number of amides is 1. The molecule has 1 saturated carbocycles. The molecule has 5 nitrogen and oxygen atoms in total. The van der Waals surface area contributed by atoms with Crippen molar-refractivity contribution in [2.24, 2.45) is 18.4 Å². The maximum absolute atomic E-state index is 12.7. The standard InChI is InChI=1S/C20H31N3O2/c1-21-9-3-4-18(21)19(24)23-10-7-20(8-11-23)12-17(22(2)15-20)14-25-13-16-5-6-16/h3-4,9,16-17H,5-8,10-15H2,1-2H3. The summed E-state index contributed by atoms with van der Waals surface area (Å²) in [5.74, 6) is 1.02. The Labute approximate surface area is 150 Å². The fraction of sp³-hybridized carbons (Fsp3) is 0.750. The highest BCUT2D eigenvalue weighted by Gasteiger charge is 2.45. The lowest BCUT2D eigenvalue weighted by atomic mass is 9.76. The van der Waals surface area contributed by atoms with Crippen LogP contribution in [0.1, 0.15) is 42.6 Å². The summed E-state index contributed by atoms with van der Waals surface area (Å²) in [6, 6.07) is 4.41. The summed E-state index contributed by atoms with van der Waals surface area (Å²) in [7, 11) is 4.18. The fourth-order valence-corrected chi connectivity index (χ4v) is 4.61. The Kier molecular flexibility index (Phi) is 4.63. The molecule has 1 aromatic rings. The molecule has 3 aliphatic rings. The van der Waals surface area contributed by atoms with Crippen LogP contribution in [0.15, 0.2) is 18.3 Å². The van der Waals surface area contributed by atoms with E-state index < -0.39 is 0 Å². The number of likely N-dealkylation sites (N-methyl/N-ethyl adjacent to an activating group) is 1. The van der Waals surface area contributed by atoms with Gasteiger partial charge in [0.15, 0.2) is 0 Å². The average molecular weight is 345 g/mol. The van der Waals surface area contributed by atoms with E-state index in [-0.39, 0.29) is 5.91 Å². The normalized spacial score (nSPS) is 26.5. The van der Waals surface area contributed by atoms with E-state index in [9.17, 15) is 4.79 Å². The molecule has 3 fully saturated rings. The van der Waals surface area contributed by atoms with E-state index in [4.69, 9.17) is 4.74 Å². The molecule has 0 radical (unpaired) electrons. The summed E-state index contributed by atoms with van der Waals surface area (Å²) in [5.41, 5.74) is 1.18. The molecule has 2 saturated heterocycles. The molecule has 2 aliphatic heterocycles. The predicted molar refractivity (Wildman–Crippen MR) is 97.6 cm³/mol. The molecular formula is C20H31N3O2. The molecule has 1 aromatic heterocycles. The highest BCUT2D eigenvalue weighted by Crippen LogP contribution is 2.43. The van der Waals surface area contributed by atoms with Crippen LogP contribution in [0.2, 0.25) is 0 Å². The van der Waals surface area contributed by atoms with E-state index in [0.29, 0.717) is 11.5 Å². The van der Waals surface area contributed by atoms with Crippen LogP contribution >= 0.6 is 0 Å². The molecule has 1 atom stereocenters. The monoisotopic (exact) mass is 345 g/mol. The summed E-state index contributed by atoms with van der Waals surface area (Å²) >= 11 is 0. The number of hydrogen-bond donors (Lipinski definition) is 0. The van der Waals surface area contributed by atoms with Crippen molar-refractivity contribution in [3.05, 3.63) is 24.0 Å². The van der Waals surface area contributed by atoms with Crippen molar-refractivity contribution in [2.45, 2.75) is 38.1 Å². The van der Waals surface area contributed by atoms with E-state index in [1.807, 2.05) is 34.8 Å². The smallest absolute Gasteiger partial charge is 0.270 e. The largest absolute Gasteiger partial charge is 0.380 e. The highest BCUT2D eigenvalue weighted by molar-refractivity contribution is 5.92. The summed E-state index contributed by atoms with van der Waals surface area (Å²) in [5, 5.41) is 0. The Morgan fingerprint density at radius 1 is 1.24 bits per heavy atom. The van der Waals surface area contributed by atoms with Crippen LogP contribution in [-0.2, 0) is 11.8 Å². The number of aryl methyl sites for hydroxylation is 1. The SMILES string of the molecule is CN1CC2(CCN(C(=O)c3cccn3C)CC2)CC1COCC1CC1. The van der Waals surface area contributed by atoms with Crippen LogP contribution in [0.5, 0.6) is 0 Å². The summed E-state index contributed by atoms with van der Waals surface area (Å²) in [6.45, 7) is 4.74. The van der Waals surface area contributed by atoms with Gasteiger partial charge in [0.1, 0.15) is 5.69 Å². The van der Waals surface area contributed by atoms with E-state index >= 15 is 0 Å². The van der Waals surface area contributed by atoms with Crippen LogP contribution in [0, 0.1) is 11.3 Å². The van der Waals surface area contributed by atoms with Crippen LogP contribution in [0.25, 0.3) is 0 Å². The fourth-order valence-electron chi connectivity index (χ4n) is 4.61. The number of piperidine rings is 1. The number of carbonyl (C=O) groups excluding carboxylic acids is 1. The molecule has 1 amide bonds. The van der Waals surface area contributed by atoms with Crippen LogP contribution in [-0.4, -0.2) is 66.2 Å². The second kappa shape index (κ2) is 6.76. The number of aromatic nitrogens is 1. The number of likely N-dealkylation sites (tertiary alicyclic amines) is 2. The van der Waals surface area contributed by atoms with Gasteiger partial charge in [0, 0.05) is 45.5 Å². The van der Waals surface area contributed by atoms with Crippen molar-refractivity contribution in [3.8, 4) is 0 Å². The first-order chi connectivity index (χ1) is 12.1. The first-order valence-electron chi connectivity index (χ1n) is 9.75. The zero-order chi connectivity index (χ0) is 17.4. The lowest BCUT2D eigenvalue weighted by Gasteiger charge is -2.39. The number of rotatable bonds is 5. The number of carbonyl (C=O) groups is 1. The first kappa shape index (κ1) is 17.1. The Balaban J connectivity index is 1.30. The van der Waals surface area contributed by atoms with Crippen LogP contribution in [0.3, 0.4) is 0 Å². The maximum Gasteiger partial charge on any atom is 0.270 e. The van der Waals surface area contributed by atoms with E-state index in [1.54, 1.807) is 0 Å². The second-order valence-electron chi connectivity index (χ2n) is 8.55. The van der Waals surface area contributed by atoms with Crippen LogP contribution in [0.4, 0.5) is 0 Å². The molecule has 0 aromatic carbocycles. The minimum absolute atomic E-state index is 0.179. The van der Waals surface area contributed by atoms with Gasteiger partial charge in [0.2, 0.25) is 0 Å². The Bertz CT molecular complexity index is 614. The van der Waals surface area contributed by atoms with Gasteiger partial charge >= 0.3 is 0 Å². The van der Waals surface area contributed by atoms with Crippen molar-refractivity contribution in [1.82, 2.24) is 14.4 Å². The zero-order valence-corrected chi connectivity index (χ0v) is 15.6. The molecule has 138 valence electrons. The topological polar surface area (TPSA) is 37.7 Å². The number of nitrogens with zero attached hydrogens (tertiary/aromatic N) is 3. The average Bonchev–Trinajstić information content (AvgIpc) is 3.24. The Morgan fingerprint density at radius 2 is 2.00 bits per heavy atom. The molecule has 5 heteroatoms. The maximum atomic E-state index is 12.7. The Morgan fingerprint density at radius 3 is 2.64 bits per heavy atom. The number of ether oxygens (including phenoxy) is 1. The lowest BCUT2D eigenvalue weighted by molar-refractivity contribution is 0.0579. The third kappa shape index (κ3) is 3.63. The van der Waals surface area contributed by atoms with Crippen molar-refractivity contribution < 1.29 is 9.53 Å². The molecule has 1 spiro atoms. The molecule has 25 heavy (non-hydrogen) atoms. The van der Waals surface area contributed by atoms with E-state index in [0.717, 1.165) is 57.3 Å². The van der Waals surface area contributed by atoms with Crippen molar-refractivity contribution >= 4 is 5.91 Å². The van der Waals surface area contributed by atoms with Crippen molar-refractivity contribution in [1.29, 1.82) is 0 Å². The van der Waals surface area contributed by atoms with Crippen molar-refractivity contribution in [3.63, 3.8) is 0 Å². The van der Waals surface area contributed by atoms with Gasteiger partial charge in [0.05, 0.1) is 6.61 Å². The molecule has 1 aliphatic carbocycles. The van der Waals surface area contributed by atoms with Gasteiger partial charge in [0.25, 0.3) is 5.91 Å². The van der Waals surface area contributed by atoms with Gasteiger partial charge in [-0.05, 0) is 62.6 Å². The predicted octanol–water partition coefficient (Wildman–Crippen LogP) is 2.38. The minimum Gasteiger partial charge on any atom is -0.380 e. The summed E-state index contributed by atoms with van der Waals surface area (Å²) in [6.07, 6.45) is 8.11. The van der Waals surface area contributed by atoms with Crippen molar-refractivity contribution in [2.75, 3.05) is 39.9 Å². The van der Waals surface area contributed by atoms with E-state index in [2.05, 4.69) is 11.9 Å². The first-order valence-corrected chi connectivity index (χ1v) is 9.75. The highest BCUT2D eigenvalue weighted by atomic mass is 16.5. The van der Waals surface area contributed by atoms with Gasteiger partial charge < -0.3 is 19.1 Å². The molecule has 3 heterocycles. The summed E-state index contributed by atoms with van der Waals surface area (Å²) < 4.78 is 7.88. The van der Waals surface area contributed by atoms with E-state index in [1.165, 1.54) is 19.3 Å². The third-order valence-corrected chi connectivity index (χ3v) is 6.51. The number of hydrogen-bond acceptors (Lipinski definition) is 3. The van der Waals surface area contributed by atoms with Gasteiger partial charge in [-0.25, -0.2) is 0 Å². The molecule has 1 unspecified atom stereocenters. The molecular weight excluding hydrogens is 314 g/mol. The quantitative estimate of drug-likeness (QED) is 0.822. The van der Waals surface area contributed by atoms with Gasteiger partial charge in [-0.1, -0.05) is 0 Å². The van der Waals surface area contributed by atoms with Gasteiger partial charge in [-0.15, -0.1) is 0 Å².